The standard InChI is InChI=1S/C24H22N4O6S/c1-34-17-6-2-5-16(13-17)23(24(31)27-35(32,33)18-7-4-11-25-14-18)28-12-10-19-20(26-15-22(29)30)8-3-9-21(19)28/h2-14,23,26H,15H2,1H3,(H,27,31)(H,29,30). The Morgan fingerprint density at radius 3 is 2.63 bits per heavy atom. The molecule has 3 N–H and O–H groups in total. The van der Waals surface area contributed by atoms with Gasteiger partial charge in [-0.25, -0.2) is 13.1 Å². The van der Waals surface area contributed by atoms with E-state index < -0.39 is 27.9 Å². The number of aromatic nitrogens is 2. The lowest BCUT2D eigenvalue weighted by atomic mass is 10.1. The Hall–Kier alpha value is -4.38. The highest BCUT2D eigenvalue weighted by Crippen LogP contribution is 2.31. The summed E-state index contributed by atoms with van der Waals surface area (Å²) in [5.74, 6) is -1.31. The van der Waals surface area contributed by atoms with Crippen molar-refractivity contribution in [1.29, 1.82) is 0 Å². The lowest BCUT2D eigenvalue weighted by Gasteiger charge is -2.21. The van der Waals surface area contributed by atoms with Crippen LogP contribution in [0.5, 0.6) is 5.75 Å². The molecular weight excluding hydrogens is 472 g/mol. The summed E-state index contributed by atoms with van der Waals surface area (Å²) in [6.45, 7) is -0.284. The van der Waals surface area contributed by atoms with Crippen LogP contribution in [0.25, 0.3) is 10.9 Å². The number of pyridine rings is 1. The summed E-state index contributed by atoms with van der Waals surface area (Å²) < 4.78 is 34.8. The largest absolute Gasteiger partial charge is 0.497 e. The highest BCUT2D eigenvalue weighted by molar-refractivity contribution is 7.90. The van der Waals surface area contributed by atoms with Gasteiger partial charge in [-0.1, -0.05) is 18.2 Å². The van der Waals surface area contributed by atoms with Crippen LogP contribution in [0.4, 0.5) is 5.69 Å². The summed E-state index contributed by atoms with van der Waals surface area (Å²) in [6.07, 6.45) is 4.24. The van der Waals surface area contributed by atoms with Gasteiger partial charge in [-0.05, 0) is 48.0 Å². The smallest absolute Gasteiger partial charge is 0.322 e. The molecule has 0 radical (unpaired) electrons. The molecule has 180 valence electrons. The zero-order chi connectivity index (χ0) is 25.0. The maximum Gasteiger partial charge on any atom is 0.322 e. The predicted octanol–water partition coefficient (Wildman–Crippen LogP) is 2.64. The van der Waals surface area contributed by atoms with Crippen molar-refractivity contribution in [3.63, 3.8) is 0 Å². The third-order valence-electron chi connectivity index (χ3n) is 5.31. The number of methoxy groups -OCH3 is 1. The van der Waals surface area contributed by atoms with E-state index >= 15 is 0 Å². The zero-order valence-electron chi connectivity index (χ0n) is 18.6. The quantitative estimate of drug-likeness (QED) is 0.323. The van der Waals surface area contributed by atoms with Gasteiger partial charge in [-0.15, -0.1) is 0 Å². The number of carbonyl (C=O) groups is 2. The highest BCUT2D eigenvalue weighted by Gasteiger charge is 2.29. The average molecular weight is 495 g/mol. The van der Waals surface area contributed by atoms with Crippen LogP contribution in [0.1, 0.15) is 11.6 Å². The van der Waals surface area contributed by atoms with Crippen molar-refractivity contribution < 1.29 is 27.9 Å². The summed E-state index contributed by atoms with van der Waals surface area (Å²) in [5.41, 5.74) is 1.66. The number of ether oxygens (including phenoxy) is 1. The Morgan fingerprint density at radius 2 is 1.91 bits per heavy atom. The number of sulfonamides is 1. The number of fused-ring (bicyclic) bond motifs is 1. The fourth-order valence-corrected chi connectivity index (χ4v) is 4.69. The van der Waals surface area contributed by atoms with Gasteiger partial charge in [-0.3, -0.25) is 14.6 Å². The van der Waals surface area contributed by atoms with Gasteiger partial charge in [-0.2, -0.15) is 0 Å². The number of amides is 1. The summed E-state index contributed by atoms with van der Waals surface area (Å²) >= 11 is 0. The normalized spacial score (nSPS) is 12.1. The average Bonchev–Trinajstić information content (AvgIpc) is 3.27. The molecule has 0 aliphatic heterocycles. The first-order chi connectivity index (χ1) is 16.8. The third-order valence-corrected chi connectivity index (χ3v) is 6.64. The van der Waals surface area contributed by atoms with Crippen molar-refractivity contribution in [2.24, 2.45) is 0 Å². The molecule has 11 heteroatoms. The van der Waals surface area contributed by atoms with Gasteiger partial charge in [0.25, 0.3) is 15.9 Å². The Morgan fingerprint density at radius 1 is 1.11 bits per heavy atom. The summed E-state index contributed by atoms with van der Waals surface area (Å²) in [5, 5.41) is 12.5. The number of nitrogens with one attached hydrogen (secondary N) is 2. The van der Waals surface area contributed by atoms with Crippen LogP contribution in [0.15, 0.2) is 84.1 Å². The SMILES string of the molecule is COc1cccc(C(C(=O)NS(=O)(=O)c2cccnc2)n2ccc3c(NCC(=O)O)cccc32)c1. The second-order valence-corrected chi connectivity index (χ2v) is 9.23. The van der Waals surface area contributed by atoms with Crippen molar-refractivity contribution in [3.8, 4) is 5.75 Å². The third kappa shape index (κ3) is 5.09. The van der Waals surface area contributed by atoms with Crippen molar-refractivity contribution >= 4 is 38.5 Å². The van der Waals surface area contributed by atoms with Crippen molar-refractivity contribution in [2.45, 2.75) is 10.9 Å². The molecular formula is C24H22N4O6S. The highest BCUT2D eigenvalue weighted by atomic mass is 32.2. The van der Waals surface area contributed by atoms with E-state index in [0.29, 0.717) is 27.9 Å². The molecule has 2 aromatic heterocycles. The molecule has 1 amide bonds. The first-order valence-corrected chi connectivity index (χ1v) is 11.9. The summed E-state index contributed by atoms with van der Waals surface area (Å²) in [6, 6.07) is 15.4. The predicted molar refractivity (Wildman–Crippen MR) is 129 cm³/mol. The van der Waals surface area contributed by atoms with E-state index in [-0.39, 0.29) is 11.4 Å². The van der Waals surface area contributed by atoms with Gasteiger partial charge in [0, 0.05) is 29.7 Å². The van der Waals surface area contributed by atoms with Crippen molar-refractivity contribution in [3.05, 3.63) is 84.8 Å². The number of rotatable bonds is 9. The maximum absolute atomic E-state index is 13.5. The van der Waals surface area contributed by atoms with Crippen LogP contribution in [-0.4, -0.2) is 48.6 Å². The van der Waals surface area contributed by atoms with Gasteiger partial charge in [0.2, 0.25) is 0 Å². The lowest BCUT2D eigenvalue weighted by molar-refractivity contribution is -0.135. The lowest BCUT2D eigenvalue weighted by Crippen LogP contribution is -2.37. The van der Waals surface area contributed by atoms with Gasteiger partial charge < -0.3 is 19.7 Å². The molecule has 0 aliphatic rings. The Bertz CT molecular complexity index is 1480. The maximum atomic E-state index is 13.5. The number of nitrogens with zero attached hydrogens (tertiary/aromatic N) is 2. The molecule has 4 rings (SSSR count). The van der Waals surface area contributed by atoms with Crippen LogP contribution in [-0.2, 0) is 19.6 Å². The van der Waals surface area contributed by atoms with E-state index in [1.807, 2.05) is 0 Å². The fraction of sp³-hybridized carbons (Fsp3) is 0.125. The van der Waals surface area contributed by atoms with E-state index in [1.165, 1.54) is 25.4 Å². The van der Waals surface area contributed by atoms with Gasteiger partial charge in [0.15, 0.2) is 0 Å². The van der Waals surface area contributed by atoms with Gasteiger partial charge in [0.1, 0.15) is 23.2 Å². The van der Waals surface area contributed by atoms with Crippen molar-refractivity contribution in [2.75, 3.05) is 19.0 Å². The molecule has 1 unspecified atom stereocenters. The number of hydrogen-bond donors (Lipinski definition) is 3. The molecule has 0 spiro atoms. The fourth-order valence-electron chi connectivity index (χ4n) is 3.74. The Kier molecular flexibility index (Phi) is 6.69. The molecule has 2 heterocycles. The van der Waals surface area contributed by atoms with E-state index in [2.05, 4.69) is 15.0 Å². The number of carbonyl (C=O) groups excluding carboxylic acids is 1. The van der Waals surface area contributed by atoms with Crippen LogP contribution in [0.2, 0.25) is 0 Å². The Balaban J connectivity index is 1.80. The molecule has 10 nitrogen and oxygen atoms in total. The van der Waals surface area contributed by atoms with Crippen LogP contribution >= 0.6 is 0 Å². The zero-order valence-corrected chi connectivity index (χ0v) is 19.4. The minimum atomic E-state index is -4.18. The monoisotopic (exact) mass is 494 g/mol. The van der Waals surface area contributed by atoms with Gasteiger partial charge in [0.05, 0.1) is 12.6 Å². The van der Waals surface area contributed by atoms with Crippen molar-refractivity contribution in [1.82, 2.24) is 14.3 Å². The molecule has 0 fully saturated rings. The van der Waals surface area contributed by atoms with E-state index in [0.717, 1.165) is 6.20 Å². The number of carboxylic acid groups (broad SMARTS) is 1. The molecule has 2 aromatic carbocycles. The number of anilines is 1. The number of benzene rings is 2. The Labute approximate surface area is 201 Å². The minimum Gasteiger partial charge on any atom is -0.497 e. The van der Waals surface area contributed by atoms with E-state index in [1.54, 1.807) is 59.3 Å². The molecule has 35 heavy (non-hydrogen) atoms. The molecule has 4 aromatic rings. The van der Waals surface area contributed by atoms with E-state index in [9.17, 15) is 18.0 Å². The van der Waals surface area contributed by atoms with Crippen LogP contribution < -0.4 is 14.8 Å². The second-order valence-electron chi connectivity index (χ2n) is 7.55. The van der Waals surface area contributed by atoms with E-state index in [4.69, 9.17) is 9.84 Å². The van der Waals surface area contributed by atoms with Crippen LogP contribution in [0.3, 0.4) is 0 Å². The first-order valence-electron chi connectivity index (χ1n) is 10.5. The molecule has 0 bridgehead atoms. The second kappa shape index (κ2) is 9.85. The molecule has 0 saturated heterocycles. The number of hydrogen-bond acceptors (Lipinski definition) is 7. The molecule has 0 saturated carbocycles. The van der Waals surface area contributed by atoms with Gasteiger partial charge >= 0.3 is 5.97 Å². The topological polar surface area (TPSA) is 140 Å². The summed E-state index contributed by atoms with van der Waals surface area (Å²) in [7, 11) is -2.69. The summed E-state index contributed by atoms with van der Waals surface area (Å²) in [4.78, 5) is 28.2. The van der Waals surface area contributed by atoms with Crippen LogP contribution in [0, 0.1) is 0 Å². The minimum absolute atomic E-state index is 0.143. The number of carboxylic acids is 1. The number of aliphatic carboxylic acids is 1. The molecule has 1 atom stereocenters. The molecule has 0 aliphatic carbocycles. The first kappa shape index (κ1) is 23.8.